The van der Waals surface area contributed by atoms with E-state index in [-0.39, 0.29) is 5.91 Å². The zero-order chi connectivity index (χ0) is 21.0. The van der Waals surface area contributed by atoms with Crippen molar-refractivity contribution in [2.45, 2.75) is 44.4 Å². The van der Waals surface area contributed by atoms with E-state index in [2.05, 4.69) is 25.5 Å². The lowest BCUT2D eigenvalue weighted by molar-refractivity contribution is -0.123. The summed E-state index contributed by atoms with van der Waals surface area (Å²) in [4.78, 5) is 24.4. The number of carbonyl (C=O) groups is 1. The van der Waals surface area contributed by atoms with E-state index < -0.39 is 5.41 Å². The van der Waals surface area contributed by atoms with Crippen molar-refractivity contribution in [3.63, 3.8) is 0 Å². The molecule has 30 heavy (non-hydrogen) atoms. The standard InChI is InChI=1S/C23H31N5O2/c1-17-16-20(28-14-6-3-7-15-28)27-22(26-17)25-13-12-24-21(29)23(10-11-23)18-8-4-5-9-19(18)30-2/h4-5,8-9,16H,3,6-7,10-15H2,1-2H3,(H,24,29)(H,25,26,27). The minimum Gasteiger partial charge on any atom is -0.496 e. The lowest BCUT2D eigenvalue weighted by Gasteiger charge is -2.28. The summed E-state index contributed by atoms with van der Waals surface area (Å²) in [5, 5.41) is 6.34. The molecule has 2 N–H and O–H groups in total. The number of rotatable bonds is 8. The van der Waals surface area contributed by atoms with E-state index in [0.717, 1.165) is 48.8 Å². The molecule has 0 bridgehead atoms. The number of benzene rings is 1. The van der Waals surface area contributed by atoms with Gasteiger partial charge in [0.2, 0.25) is 11.9 Å². The largest absolute Gasteiger partial charge is 0.496 e. The summed E-state index contributed by atoms with van der Waals surface area (Å²) >= 11 is 0. The number of ether oxygens (including phenoxy) is 1. The highest BCUT2D eigenvalue weighted by atomic mass is 16.5. The molecule has 7 nitrogen and oxygen atoms in total. The van der Waals surface area contributed by atoms with Crippen molar-refractivity contribution in [2.24, 2.45) is 0 Å². The molecule has 1 amide bonds. The zero-order valence-corrected chi connectivity index (χ0v) is 17.9. The maximum atomic E-state index is 12.9. The molecule has 2 heterocycles. The van der Waals surface area contributed by atoms with E-state index in [1.165, 1.54) is 19.3 Å². The number of hydrogen-bond donors (Lipinski definition) is 2. The highest BCUT2D eigenvalue weighted by Gasteiger charge is 2.52. The SMILES string of the molecule is COc1ccccc1C1(C(=O)NCCNc2nc(C)cc(N3CCCCC3)n2)CC1. The molecule has 0 atom stereocenters. The van der Waals surface area contributed by atoms with Crippen molar-refractivity contribution in [1.29, 1.82) is 0 Å². The first-order chi connectivity index (χ1) is 14.6. The number of amides is 1. The van der Waals surface area contributed by atoms with Crippen LogP contribution in [0.4, 0.5) is 11.8 Å². The van der Waals surface area contributed by atoms with E-state index in [0.29, 0.717) is 19.0 Å². The van der Waals surface area contributed by atoms with Gasteiger partial charge in [0, 0.05) is 43.5 Å². The maximum Gasteiger partial charge on any atom is 0.230 e. The van der Waals surface area contributed by atoms with E-state index in [1.807, 2.05) is 37.3 Å². The van der Waals surface area contributed by atoms with Crippen LogP contribution in [-0.2, 0) is 10.2 Å². The third-order valence-electron chi connectivity index (χ3n) is 6.02. The minimum absolute atomic E-state index is 0.0629. The molecule has 160 valence electrons. The monoisotopic (exact) mass is 409 g/mol. The van der Waals surface area contributed by atoms with Crippen molar-refractivity contribution < 1.29 is 9.53 Å². The third kappa shape index (κ3) is 4.35. The molecule has 0 spiro atoms. The first-order valence-electron chi connectivity index (χ1n) is 10.9. The first-order valence-corrected chi connectivity index (χ1v) is 10.9. The summed E-state index contributed by atoms with van der Waals surface area (Å²) in [5.41, 5.74) is 1.48. The molecule has 1 aliphatic heterocycles. The minimum atomic E-state index is -0.451. The molecule has 4 rings (SSSR count). The number of aryl methyl sites for hydroxylation is 1. The molecule has 1 saturated heterocycles. The molecule has 7 heteroatoms. The molecule has 2 fully saturated rings. The van der Waals surface area contributed by atoms with Gasteiger partial charge in [-0.3, -0.25) is 4.79 Å². The topological polar surface area (TPSA) is 79.4 Å². The smallest absolute Gasteiger partial charge is 0.230 e. The van der Waals surface area contributed by atoms with Gasteiger partial charge in [-0.2, -0.15) is 4.98 Å². The van der Waals surface area contributed by atoms with Gasteiger partial charge in [0.25, 0.3) is 0 Å². The Hall–Kier alpha value is -2.83. The summed E-state index contributed by atoms with van der Waals surface area (Å²) in [7, 11) is 1.65. The summed E-state index contributed by atoms with van der Waals surface area (Å²) < 4.78 is 5.46. The number of para-hydroxylation sites is 1. The predicted octanol–water partition coefficient (Wildman–Crippen LogP) is 3.04. The fourth-order valence-electron chi connectivity index (χ4n) is 4.22. The van der Waals surface area contributed by atoms with E-state index in [4.69, 9.17) is 4.74 Å². The lowest BCUT2D eigenvalue weighted by atomic mass is 9.94. The van der Waals surface area contributed by atoms with Gasteiger partial charge in [0.05, 0.1) is 12.5 Å². The predicted molar refractivity (Wildman–Crippen MR) is 118 cm³/mol. The van der Waals surface area contributed by atoms with Crippen LogP contribution in [0, 0.1) is 6.92 Å². The van der Waals surface area contributed by atoms with Gasteiger partial charge in [0.15, 0.2) is 0 Å². The van der Waals surface area contributed by atoms with Crippen molar-refractivity contribution in [3.8, 4) is 5.75 Å². The number of nitrogens with one attached hydrogen (secondary N) is 2. The van der Waals surface area contributed by atoms with Crippen LogP contribution < -0.4 is 20.3 Å². The van der Waals surface area contributed by atoms with Gasteiger partial charge in [-0.25, -0.2) is 4.98 Å². The van der Waals surface area contributed by atoms with E-state index >= 15 is 0 Å². The van der Waals surface area contributed by atoms with Crippen LogP contribution in [-0.4, -0.2) is 49.2 Å². The molecular formula is C23H31N5O2. The summed E-state index contributed by atoms with van der Waals surface area (Å²) in [6, 6.07) is 9.84. The Balaban J connectivity index is 1.32. The second kappa shape index (κ2) is 8.90. The Kier molecular flexibility index (Phi) is 6.06. The van der Waals surface area contributed by atoms with Crippen LogP contribution in [0.2, 0.25) is 0 Å². The molecule has 0 radical (unpaired) electrons. The van der Waals surface area contributed by atoms with E-state index in [1.54, 1.807) is 7.11 Å². The van der Waals surface area contributed by atoms with Gasteiger partial charge >= 0.3 is 0 Å². The maximum absolute atomic E-state index is 12.9. The summed E-state index contributed by atoms with van der Waals surface area (Å²) in [5.74, 6) is 2.45. The van der Waals surface area contributed by atoms with Crippen LogP contribution >= 0.6 is 0 Å². The normalized spacial score (nSPS) is 17.3. The van der Waals surface area contributed by atoms with Crippen molar-refractivity contribution in [2.75, 3.05) is 43.5 Å². The van der Waals surface area contributed by atoms with Crippen LogP contribution in [0.5, 0.6) is 5.75 Å². The first kappa shape index (κ1) is 20.4. The highest BCUT2D eigenvalue weighted by Crippen LogP contribution is 2.51. The Morgan fingerprint density at radius 3 is 2.63 bits per heavy atom. The Labute approximate surface area is 178 Å². The molecule has 1 aliphatic carbocycles. The molecule has 1 aromatic carbocycles. The average molecular weight is 410 g/mol. The van der Waals surface area contributed by atoms with Gasteiger partial charge in [-0.15, -0.1) is 0 Å². The molecule has 1 saturated carbocycles. The lowest BCUT2D eigenvalue weighted by Crippen LogP contribution is -2.37. The molecular weight excluding hydrogens is 378 g/mol. The highest BCUT2D eigenvalue weighted by molar-refractivity contribution is 5.92. The average Bonchev–Trinajstić information content (AvgIpc) is 3.59. The van der Waals surface area contributed by atoms with Crippen molar-refractivity contribution in [3.05, 3.63) is 41.6 Å². The number of carbonyl (C=O) groups excluding carboxylic acids is 1. The van der Waals surface area contributed by atoms with Gasteiger partial charge in [-0.1, -0.05) is 18.2 Å². The molecule has 0 unspecified atom stereocenters. The number of piperidine rings is 1. The Bertz CT molecular complexity index is 891. The molecule has 2 aliphatic rings. The second-order valence-corrected chi connectivity index (χ2v) is 8.20. The van der Waals surface area contributed by atoms with Crippen molar-refractivity contribution >= 4 is 17.7 Å². The van der Waals surface area contributed by atoms with Gasteiger partial charge < -0.3 is 20.3 Å². The van der Waals surface area contributed by atoms with Gasteiger partial charge in [0.1, 0.15) is 11.6 Å². The fourth-order valence-corrected chi connectivity index (χ4v) is 4.22. The molecule has 2 aromatic rings. The Morgan fingerprint density at radius 1 is 1.13 bits per heavy atom. The number of nitrogens with zero attached hydrogens (tertiary/aromatic N) is 3. The number of aromatic nitrogens is 2. The fraction of sp³-hybridized carbons (Fsp3) is 0.522. The summed E-state index contributed by atoms with van der Waals surface area (Å²) in [6.45, 7) is 5.20. The van der Waals surface area contributed by atoms with Crippen LogP contribution in [0.3, 0.4) is 0 Å². The number of anilines is 2. The quantitative estimate of drug-likeness (QED) is 0.653. The van der Waals surface area contributed by atoms with Crippen LogP contribution in [0.15, 0.2) is 30.3 Å². The second-order valence-electron chi connectivity index (χ2n) is 8.20. The Morgan fingerprint density at radius 2 is 1.90 bits per heavy atom. The molecule has 1 aromatic heterocycles. The number of hydrogen-bond acceptors (Lipinski definition) is 6. The van der Waals surface area contributed by atoms with Crippen LogP contribution in [0.25, 0.3) is 0 Å². The number of methoxy groups -OCH3 is 1. The zero-order valence-electron chi connectivity index (χ0n) is 17.9. The van der Waals surface area contributed by atoms with Gasteiger partial charge in [-0.05, 0) is 45.1 Å². The summed E-state index contributed by atoms with van der Waals surface area (Å²) in [6.07, 6.45) is 5.43. The van der Waals surface area contributed by atoms with Crippen LogP contribution in [0.1, 0.15) is 43.4 Å². The third-order valence-corrected chi connectivity index (χ3v) is 6.02. The van der Waals surface area contributed by atoms with Crippen molar-refractivity contribution in [1.82, 2.24) is 15.3 Å². The van der Waals surface area contributed by atoms with E-state index in [9.17, 15) is 4.79 Å².